The van der Waals surface area contributed by atoms with Crippen molar-refractivity contribution in [2.75, 3.05) is 24.6 Å². The summed E-state index contributed by atoms with van der Waals surface area (Å²) in [5.41, 5.74) is 3.06. The Morgan fingerprint density at radius 1 is 1.04 bits per heavy atom. The Morgan fingerprint density at radius 3 is 2.41 bits per heavy atom. The van der Waals surface area contributed by atoms with Crippen molar-refractivity contribution in [2.45, 2.75) is 51.8 Å². The molecule has 2 aliphatic rings. The lowest BCUT2D eigenvalue weighted by atomic mass is 9.72. The predicted molar refractivity (Wildman–Crippen MR) is 93.7 cm³/mol. The highest BCUT2D eigenvalue weighted by Crippen LogP contribution is 2.50. The average molecular weight is 381 g/mol. The molecule has 146 valence electrons. The molecule has 0 aromatic carbocycles. The molecule has 1 saturated carbocycles. The zero-order valence-corrected chi connectivity index (χ0v) is 15.5. The van der Waals surface area contributed by atoms with Crippen LogP contribution in [0.1, 0.15) is 42.8 Å². The van der Waals surface area contributed by atoms with E-state index in [1.807, 2.05) is 25.7 Å². The molecule has 3 heterocycles. The molecule has 27 heavy (non-hydrogen) atoms. The smallest absolute Gasteiger partial charge is 0.375 e. The van der Waals surface area contributed by atoms with Crippen molar-refractivity contribution >= 4 is 17.1 Å². The standard InChI is InChI=1S/C18H22F3N5O/c1-9-8-26(4-5-27-9)17-24-14(12-6-13(7-12)18(19,20)21)15-16(25-17)23-11(3)10(2)22-15/h9,12-13H,4-8H2,1-3H3/t9-,12?,13?/m0/s1. The minimum atomic E-state index is -4.15. The second kappa shape index (κ2) is 6.54. The van der Waals surface area contributed by atoms with Gasteiger partial charge >= 0.3 is 6.18 Å². The lowest BCUT2D eigenvalue weighted by molar-refractivity contribution is -0.197. The lowest BCUT2D eigenvalue weighted by Gasteiger charge is -2.37. The van der Waals surface area contributed by atoms with E-state index in [0.717, 1.165) is 11.4 Å². The number of hydrogen-bond acceptors (Lipinski definition) is 6. The predicted octanol–water partition coefficient (Wildman–Crippen LogP) is 3.32. The highest BCUT2D eigenvalue weighted by molar-refractivity contribution is 5.75. The first-order valence-corrected chi connectivity index (χ1v) is 9.18. The van der Waals surface area contributed by atoms with Gasteiger partial charge < -0.3 is 9.64 Å². The first kappa shape index (κ1) is 18.3. The molecular formula is C18H22F3N5O. The molecule has 9 heteroatoms. The van der Waals surface area contributed by atoms with E-state index in [0.29, 0.717) is 42.5 Å². The Hall–Kier alpha value is -2.03. The summed E-state index contributed by atoms with van der Waals surface area (Å²) >= 11 is 0. The van der Waals surface area contributed by atoms with E-state index in [9.17, 15) is 13.2 Å². The fraction of sp³-hybridized carbons (Fsp3) is 0.667. The van der Waals surface area contributed by atoms with Crippen LogP contribution in [0.4, 0.5) is 19.1 Å². The van der Waals surface area contributed by atoms with E-state index in [2.05, 4.69) is 19.9 Å². The van der Waals surface area contributed by atoms with Gasteiger partial charge in [0.15, 0.2) is 5.65 Å². The monoisotopic (exact) mass is 381 g/mol. The van der Waals surface area contributed by atoms with Gasteiger partial charge in [-0.25, -0.2) is 15.0 Å². The zero-order chi connectivity index (χ0) is 19.3. The first-order valence-electron chi connectivity index (χ1n) is 9.18. The number of aryl methyl sites for hydroxylation is 2. The third-order valence-corrected chi connectivity index (χ3v) is 5.47. The van der Waals surface area contributed by atoms with E-state index in [1.54, 1.807) is 0 Å². The number of rotatable bonds is 2. The summed E-state index contributed by atoms with van der Waals surface area (Å²) in [5.74, 6) is -1.03. The number of hydrogen-bond donors (Lipinski definition) is 0. The summed E-state index contributed by atoms with van der Waals surface area (Å²) in [6.45, 7) is 7.51. The second-order valence-corrected chi connectivity index (χ2v) is 7.51. The van der Waals surface area contributed by atoms with Gasteiger partial charge in [-0.3, -0.25) is 0 Å². The first-order chi connectivity index (χ1) is 12.7. The third-order valence-electron chi connectivity index (χ3n) is 5.47. The molecule has 0 radical (unpaired) electrons. The number of morpholine rings is 1. The molecule has 2 fully saturated rings. The second-order valence-electron chi connectivity index (χ2n) is 7.51. The molecule has 0 bridgehead atoms. The number of halogens is 3. The Balaban J connectivity index is 1.75. The topological polar surface area (TPSA) is 64.0 Å². The van der Waals surface area contributed by atoms with Crippen molar-refractivity contribution in [3.05, 3.63) is 17.1 Å². The van der Waals surface area contributed by atoms with Crippen LogP contribution in [0.25, 0.3) is 11.2 Å². The number of anilines is 1. The molecule has 0 amide bonds. The van der Waals surface area contributed by atoms with Crippen molar-refractivity contribution in [3.63, 3.8) is 0 Å². The van der Waals surface area contributed by atoms with E-state index in [-0.39, 0.29) is 24.9 Å². The molecule has 2 aromatic rings. The quantitative estimate of drug-likeness (QED) is 0.795. The molecule has 1 aliphatic heterocycles. The molecule has 0 unspecified atom stereocenters. The van der Waals surface area contributed by atoms with Crippen LogP contribution in [-0.4, -0.2) is 51.9 Å². The number of ether oxygens (including phenoxy) is 1. The number of alkyl halides is 3. The van der Waals surface area contributed by atoms with Gasteiger partial charge in [0.05, 0.1) is 35.7 Å². The maximum absolute atomic E-state index is 13.0. The molecule has 2 aromatic heterocycles. The summed E-state index contributed by atoms with van der Waals surface area (Å²) in [6, 6.07) is 0. The Labute approximate surface area is 155 Å². The van der Waals surface area contributed by atoms with Gasteiger partial charge in [0.2, 0.25) is 5.95 Å². The summed E-state index contributed by atoms with van der Waals surface area (Å²) in [5, 5.41) is 0. The number of aromatic nitrogens is 4. The summed E-state index contributed by atoms with van der Waals surface area (Å²) in [6.07, 6.45) is -4.02. The van der Waals surface area contributed by atoms with E-state index in [1.165, 1.54) is 0 Å². The molecule has 1 atom stereocenters. The van der Waals surface area contributed by atoms with Crippen LogP contribution >= 0.6 is 0 Å². The van der Waals surface area contributed by atoms with Crippen molar-refractivity contribution in [1.82, 2.24) is 19.9 Å². The average Bonchev–Trinajstić information content (AvgIpc) is 2.53. The molecule has 4 rings (SSSR count). The fourth-order valence-electron chi connectivity index (χ4n) is 3.66. The van der Waals surface area contributed by atoms with Crippen LogP contribution in [0.3, 0.4) is 0 Å². The Morgan fingerprint density at radius 2 is 1.74 bits per heavy atom. The van der Waals surface area contributed by atoms with Crippen LogP contribution in [0.15, 0.2) is 0 Å². The number of nitrogens with zero attached hydrogens (tertiary/aromatic N) is 5. The molecule has 1 saturated heterocycles. The van der Waals surface area contributed by atoms with Crippen LogP contribution < -0.4 is 4.90 Å². The maximum Gasteiger partial charge on any atom is 0.391 e. The lowest BCUT2D eigenvalue weighted by Crippen LogP contribution is -2.42. The maximum atomic E-state index is 13.0. The zero-order valence-electron chi connectivity index (χ0n) is 15.5. The van der Waals surface area contributed by atoms with E-state index >= 15 is 0 Å². The van der Waals surface area contributed by atoms with E-state index < -0.39 is 12.1 Å². The minimum absolute atomic E-state index is 0.0448. The molecule has 6 nitrogen and oxygen atoms in total. The molecule has 1 aliphatic carbocycles. The van der Waals surface area contributed by atoms with Crippen LogP contribution in [0.5, 0.6) is 0 Å². The van der Waals surface area contributed by atoms with Crippen LogP contribution in [-0.2, 0) is 4.74 Å². The van der Waals surface area contributed by atoms with Gasteiger partial charge in [0, 0.05) is 19.0 Å². The van der Waals surface area contributed by atoms with Gasteiger partial charge in [-0.1, -0.05) is 0 Å². The van der Waals surface area contributed by atoms with Gasteiger partial charge in [0.25, 0.3) is 0 Å². The highest BCUT2D eigenvalue weighted by Gasteiger charge is 2.49. The van der Waals surface area contributed by atoms with Crippen LogP contribution in [0, 0.1) is 19.8 Å². The largest absolute Gasteiger partial charge is 0.391 e. The normalized spacial score (nSPS) is 26.3. The van der Waals surface area contributed by atoms with Gasteiger partial charge in [-0.2, -0.15) is 18.2 Å². The Bertz CT molecular complexity index is 866. The highest BCUT2D eigenvalue weighted by atomic mass is 19.4. The van der Waals surface area contributed by atoms with Crippen molar-refractivity contribution in [1.29, 1.82) is 0 Å². The van der Waals surface area contributed by atoms with E-state index in [4.69, 9.17) is 4.74 Å². The SMILES string of the molecule is Cc1nc2nc(N3CCO[C@@H](C)C3)nc(C3CC(C(F)(F)F)C3)c2nc1C. The Kier molecular flexibility index (Phi) is 4.44. The van der Waals surface area contributed by atoms with Gasteiger partial charge in [-0.05, 0) is 33.6 Å². The minimum Gasteiger partial charge on any atom is -0.375 e. The molecular weight excluding hydrogens is 359 g/mol. The molecule has 0 spiro atoms. The number of fused-ring (bicyclic) bond motifs is 1. The third kappa shape index (κ3) is 3.44. The van der Waals surface area contributed by atoms with Crippen molar-refractivity contribution in [3.8, 4) is 0 Å². The van der Waals surface area contributed by atoms with Crippen LogP contribution in [0.2, 0.25) is 0 Å². The molecule has 0 N–H and O–H groups in total. The van der Waals surface area contributed by atoms with Gasteiger partial charge in [-0.15, -0.1) is 0 Å². The van der Waals surface area contributed by atoms with Gasteiger partial charge in [0.1, 0.15) is 5.52 Å². The summed E-state index contributed by atoms with van der Waals surface area (Å²) in [4.78, 5) is 20.3. The summed E-state index contributed by atoms with van der Waals surface area (Å²) < 4.78 is 44.4. The van der Waals surface area contributed by atoms with Crippen molar-refractivity contribution < 1.29 is 17.9 Å². The van der Waals surface area contributed by atoms with Crippen molar-refractivity contribution in [2.24, 2.45) is 5.92 Å². The fourth-order valence-corrected chi connectivity index (χ4v) is 3.66. The summed E-state index contributed by atoms with van der Waals surface area (Å²) in [7, 11) is 0.